The Morgan fingerprint density at radius 3 is 2.72 bits per heavy atom. The number of nitrogens with one attached hydrogen (secondary N) is 2. The Balaban J connectivity index is 1.55. The highest BCUT2D eigenvalue weighted by Crippen LogP contribution is 2.20. The largest absolute Gasteiger partial charge is 0.345 e. The molecule has 0 aliphatic carbocycles. The average molecular weight is 427 g/mol. The maximum atomic E-state index is 13.1. The molecule has 1 aliphatic heterocycles. The zero-order chi connectivity index (χ0) is 22.5. The molecule has 160 valence electrons. The van der Waals surface area contributed by atoms with Gasteiger partial charge >= 0.3 is 0 Å². The molecule has 2 amide bonds. The molecule has 2 aromatic carbocycles. The number of amides is 2. The van der Waals surface area contributed by atoms with Crippen molar-refractivity contribution in [2.45, 2.75) is 19.4 Å². The minimum Gasteiger partial charge on any atom is -0.345 e. The summed E-state index contributed by atoms with van der Waals surface area (Å²) in [6.45, 7) is 3.01. The van der Waals surface area contributed by atoms with Crippen LogP contribution in [0.2, 0.25) is 0 Å². The Morgan fingerprint density at radius 2 is 2.03 bits per heavy atom. The first-order chi connectivity index (χ1) is 15.5. The fourth-order valence-electron chi connectivity index (χ4n) is 3.63. The summed E-state index contributed by atoms with van der Waals surface area (Å²) in [5.41, 5.74) is 3.00. The number of benzene rings is 2. The van der Waals surface area contributed by atoms with E-state index in [1.54, 1.807) is 41.3 Å². The molecular weight excluding hydrogens is 406 g/mol. The Morgan fingerprint density at radius 1 is 1.22 bits per heavy atom. The minimum atomic E-state index is -0.467. The van der Waals surface area contributed by atoms with Crippen LogP contribution in [-0.2, 0) is 6.42 Å². The maximum absolute atomic E-state index is 13.1. The zero-order valence-corrected chi connectivity index (χ0v) is 17.4. The van der Waals surface area contributed by atoms with E-state index in [-0.39, 0.29) is 11.8 Å². The van der Waals surface area contributed by atoms with Gasteiger partial charge in [-0.15, -0.1) is 10.2 Å². The van der Waals surface area contributed by atoms with Gasteiger partial charge in [0.05, 0.1) is 17.7 Å². The van der Waals surface area contributed by atoms with Crippen molar-refractivity contribution in [2.24, 2.45) is 0 Å². The first-order valence-electron chi connectivity index (χ1n) is 10.1. The number of aromatic nitrogens is 4. The number of nitriles is 1. The van der Waals surface area contributed by atoms with Crippen LogP contribution < -0.4 is 5.32 Å². The van der Waals surface area contributed by atoms with Gasteiger partial charge in [-0.25, -0.2) is 0 Å². The molecule has 9 nitrogen and oxygen atoms in total. The van der Waals surface area contributed by atoms with Crippen molar-refractivity contribution >= 4 is 11.8 Å². The molecule has 3 aromatic rings. The van der Waals surface area contributed by atoms with Crippen molar-refractivity contribution in [2.75, 3.05) is 13.1 Å². The number of carbonyl (C=O) groups excluding carboxylic acids is 2. The second kappa shape index (κ2) is 9.22. The highest BCUT2D eigenvalue weighted by molar-refractivity contribution is 5.99. The Bertz CT molecular complexity index is 1200. The van der Waals surface area contributed by atoms with Crippen molar-refractivity contribution in [3.05, 3.63) is 88.3 Å². The number of carbonyl (C=O) groups is 2. The Hall–Kier alpha value is -4.32. The summed E-state index contributed by atoms with van der Waals surface area (Å²) in [7, 11) is 0. The fourth-order valence-corrected chi connectivity index (χ4v) is 3.63. The summed E-state index contributed by atoms with van der Waals surface area (Å²) < 4.78 is 0. The number of hydrogen-bond donors (Lipinski definition) is 2. The van der Waals surface area contributed by atoms with Crippen LogP contribution in [0.15, 0.2) is 54.6 Å². The van der Waals surface area contributed by atoms with E-state index in [9.17, 15) is 14.9 Å². The first-order valence-corrected chi connectivity index (χ1v) is 10.1. The number of aromatic amines is 1. The quantitative estimate of drug-likeness (QED) is 0.580. The van der Waals surface area contributed by atoms with E-state index < -0.39 is 6.04 Å². The molecule has 0 bridgehead atoms. The van der Waals surface area contributed by atoms with Gasteiger partial charge in [-0.05, 0) is 48.4 Å². The smallest absolute Gasteiger partial charge is 0.254 e. The van der Waals surface area contributed by atoms with Crippen molar-refractivity contribution in [1.82, 2.24) is 30.8 Å². The number of hydrogen-bond acceptors (Lipinski definition) is 6. The average Bonchev–Trinajstić information content (AvgIpc) is 3.52. The molecule has 1 atom stereocenters. The summed E-state index contributed by atoms with van der Waals surface area (Å²) in [6.07, 6.45) is 4.22. The second-order valence-corrected chi connectivity index (χ2v) is 7.51. The summed E-state index contributed by atoms with van der Waals surface area (Å²) in [4.78, 5) is 27.5. The zero-order valence-electron chi connectivity index (χ0n) is 17.4. The van der Waals surface area contributed by atoms with E-state index in [1.165, 1.54) is 0 Å². The minimum absolute atomic E-state index is 0.0530. The topological polar surface area (TPSA) is 128 Å². The van der Waals surface area contributed by atoms with Crippen molar-refractivity contribution in [3.63, 3.8) is 0 Å². The van der Waals surface area contributed by atoms with Gasteiger partial charge in [-0.1, -0.05) is 29.5 Å². The molecule has 4 rings (SSSR count). The monoisotopic (exact) mass is 427 g/mol. The van der Waals surface area contributed by atoms with Gasteiger partial charge in [0.1, 0.15) is 0 Å². The normalized spacial score (nSPS) is 13.6. The SMILES string of the molecule is Cc1cc(C(=O)NC(Cc2nn[nH]n2)c2cccc(C#N)c2)ccc1C(=O)N1CC=CC1. The van der Waals surface area contributed by atoms with E-state index in [0.717, 1.165) is 11.1 Å². The molecule has 1 aromatic heterocycles. The van der Waals surface area contributed by atoms with E-state index in [4.69, 9.17) is 0 Å². The fraction of sp³-hybridized carbons (Fsp3) is 0.217. The van der Waals surface area contributed by atoms with Gasteiger partial charge in [0.2, 0.25) is 0 Å². The number of aryl methyl sites for hydroxylation is 1. The molecular formula is C23H21N7O2. The molecule has 0 radical (unpaired) electrons. The van der Waals surface area contributed by atoms with E-state index in [2.05, 4.69) is 32.0 Å². The predicted octanol–water partition coefficient (Wildman–Crippen LogP) is 2.11. The molecule has 9 heteroatoms. The van der Waals surface area contributed by atoms with Crippen LogP contribution in [0.1, 0.15) is 49.3 Å². The molecule has 2 N–H and O–H groups in total. The maximum Gasteiger partial charge on any atom is 0.254 e. The standard InChI is InChI=1S/C23H21N7O2/c1-15-11-18(7-8-19(15)23(32)30-9-2-3-10-30)22(31)25-20(13-21-26-28-29-27-21)17-6-4-5-16(12-17)14-24/h2-8,11-12,20H,9-10,13H2,1H3,(H,25,31)(H,26,27,28,29). The van der Waals surface area contributed by atoms with Gasteiger partial charge < -0.3 is 10.2 Å². The third kappa shape index (κ3) is 4.54. The molecule has 0 saturated carbocycles. The summed E-state index contributed by atoms with van der Waals surface area (Å²) >= 11 is 0. The molecule has 1 unspecified atom stereocenters. The molecule has 32 heavy (non-hydrogen) atoms. The molecule has 1 aliphatic rings. The lowest BCUT2D eigenvalue weighted by Crippen LogP contribution is -2.31. The van der Waals surface area contributed by atoms with Gasteiger partial charge in [0, 0.05) is 30.6 Å². The number of tetrazole rings is 1. The highest BCUT2D eigenvalue weighted by atomic mass is 16.2. The van der Waals surface area contributed by atoms with Gasteiger partial charge in [-0.2, -0.15) is 10.5 Å². The lowest BCUT2D eigenvalue weighted by molar-refractivity contribution is 0.0798. The highest BCUT2D eigenvalue weighted by Gasteiger charge is 2.22. The van der Waals surface area contributed by atoms with Crippen LogP contribution >= 0.6 is 0 Å². The van der Waals surface area contributed by atoms with Crippen molar-refractivity contribution in [1.29, 1.82) is 5.26 Å². The Labute approximate surface area is 184 Å². The molecule has 0 saturated heterocycles. The second-order valence-electron chi connectivity index (χ2n) is 7.51. The number of H-pyrrole nitrogens is 1. The van der Waals surface area contributed by atoms with E-state index >= 15 is 0 Å². The van der Waals surface area contributed by atoms with Crippen molar-refractivity contribution < 1.29 is 9.59 Å². The molecule has 0 spiro atoms. The number of nitrogens with zero attached hydrogens (tertiary/aromatic N) is 5. The van der Waals surface area contributed by atoms with Crippen LogP contribution in [0.3, 0.4) is 0 Å². The summed E-state index contributed by atoms with van der Waals surface area (Å²) in [6, 6.07) is 13.7. The Kier molecular flexibility index (Phi) is 6.03. The first kappa shape index (κ1) is 20.9. The van der Waals surface area contributed by atoms with Gasteiger partial charge in [0.15, 0.2) is 5.82 Å². The lowest BCUT2D eigenvalue weighted by atomic mass is 9.99. The van der Waals surface area contributed by atoms with Gasteiger partial charge in [-0.3, -0.25) is 9.59 Å². The third-order valence-electron chi connectivity index (χ3n) is 5.32. The van der Waals surface area contributed by atoms with Crippen LogP contribution in [0.5, 0.6) is 0 Å². The lowest BCUT2D eigenvalue weighted by Gasteiger charge is -2.19. The van der Waals surface area contributed by atoms with Crippen LogP contribution in [-0.4, -0.2) is 50.4 Å². The summed E-state index contributed by atoms with van der Waals surface area (Å²) in [5, 5.41) is 26.2. The van der Waals surface area contributed by atoms with Crippen LogP contribution in [0.4, 0.5) is 0 Å². The van der Waals surface area contributed by atoms with E-state index in [1.807, 2.05) is 25.1 Å². The third-order valence-corrected chi connectivity index (χ3v) is 5.32. The summed E-state index contributed by atoms with van der Waals surface area (Å²) in [5.74, 6) is 0.0857. The van der Waals surface area contributed by atoms with Crippen molar-refractivity contribution in [3.8, 4) is 6.07 Å². The van der Waals surface area contributed by atoms with Gasteiger partial charge in [0.25, 0.3) is 11.8 Å². The number of rotatable bonds is 6. The van der Waals surface area contributed by atoms with Crippen LogP contribution in [0, 0.1) is 18.3 Å². The molecule has 2 heterocycles. The molecule has 0 fully saturated rings. The predicted molar refractivity (Wildman–Crippen MR) is 115 cm³/mol. The van der Waals surface area contributed by atoms with Crippen LogP contribution in [0.25, 0.3) is 0 Å². The van der Waals surface area contributed by atoms with E-state index in [0.29, 0.717) is 42.0 Å².